The van der Waals surface area contributed by atoms with Gasteiger partial charge in [-0.15, -0.1) is 17.8 Å². The second-order valence-corrected chi connectivity index (χ2v) is 2.81. The van der Waals surface area contributed by atoms with Gasteiger partial charge in [0, 0.05) is 5.38 Å². The van der Waals surface area contributed by atoms with Gasteiger partial charge in [-0.05, 0) is 5.92 Å². The number of nitrogen functional groups attached to an aromatic ring is 1. The van der Waals surface area contributed by atoms with Crippen LogP contribution in [-0.2, 0) is 11.2 Å². The Balaban J connectivity index is 2.66. The van der Waals surface area contributed by atoms with E-state index in [0.717, 1.165) is 0 Å². The molecule has 11 heavy (non-hydrogen) atoms. The van der Waals surface area contributed by atoms with Crippen molar-refractivity contribution in [3.05, 3.63) is 11.1 Å². The van der Waals surface area contributed by atoms with Gasteiger partial charge in [0.1, 0.15) is 0 Å². The molecule has 0 saturated heterocycles. The molecule has 0 bridgehead atoms. The first kappa shape index (κ1) is 7.76. The van der Waals surface area contributed by atoms with Gasteiger partial charge in [-0.2, -0.15) is 0 Å². The molecule has 1 aromatic rings. The van der Waals surface area contributed by atoms with Crippen molar-refractivity contribution in [2.75, 3.05) is 5.73 Å². The minimum absolute atomic E-state index is 0.185. The van der Waals surface area contributed by atoms with Crippen molar-refractivity contribution in [3.63, 3.8) is 0 Å². The summed E-state index contributed by atoms with van der Waals surface area (Å²) < 4.78 is 0. The maximum absolute atomic E-state index is 10.7. The van der Waals surface area contributed by atoms with E-state index in [1.807, 2.05) is 5.92 Å². The zero-order chi connectivity index (χ0) is 8.27. The van der Waals surface area contributed by atoms with Crippen LogP contribution >= 0.6 is 11.3 Å². The van der Waals surface area contributed by atoms with Crippen LogP contribution in [0, 0.1) is 12.3 Å². The summed E-state index contributed by atoms with van der Waals surface area (Å²) in [5.41, 5.74) is 5.99. The molecule has 3 nitrogen and oxygen atoms in total. The number of terminal acetylenes is 1. The summed E-state index contributed by atoms with van der Waals surface area (Å²) in [6.07, 6.45) is 5.06. The molecule has 0 atom stereocenters. The molecule has 0 saturated carbocycles. The van der Waals surface area contributed by atoms with Crippen LogP contribution in [-0.4, -0.2) is 10.8 Å². The van der Waals surface area contributed by atoms with Crippen molar-refractivity contribution in [2.45, 2.75) is 6.42 Å². The molecule has 0 spiro atoms. The number of hydrogen-bond donors (Lipinski definition) is 1. The Labute approximate surface area is 68.3 Å². The maximum Gasteiger partial charge on any atom is 0.211 e. The van der Waals surface area contributed by atoms with Gasteiger partial charge in [0.05, 0.1) is 12.1 Å². The lowest BCUT2D eigenvalue weighted by atomic mass is 10.2. The van der Waals surface area contributed by atoms with Gasteiger partial charge in [0.2, 0.25) is 5.78 Å². The molecule has 4 heteroatoms. The average Bonchev–Trinajstić information content (AvgIpc) is 2.35. The van der Waals surface area contributed by atoms with Gasteiger partial charge in [-0.25, -0.2) is 4.98 Å². The Morgan fingerprint density at radius 1 is 1.91 bits per heavy atom. The zero-order valence-corrected chi connectivity index (χ0v) is 6.52. The molecule has 0 aromatic carbocycles. The Kier molecular flexibility index (Phi) is 2.24. The highest BCUT2D eigenvalue weighted by molar-refractivity contribution is 7.13. The van der Waals surface area contributed by atoms with E-state index in [2.05, 4.69) is 4.98 Å². The van der Waals surface area contributed by atoms with Crippen LogP contribution in [0.5, 0.6) is 0 Å². The number of Topliss-reactive ketones (excluding diaryl/α,β-unsaturated/α-hetero) is 1. The third-order valence-corrected chi connectivity index (χ3v) is 1.79. The highest BCUT2D eigenvalue weighted by atomic mass is 32.1. The van der Waals surface area contributed by atoms with E-state index < -0.39 is 0 Å². The molecule has 0 aliphatic rings. The third kappa shape index (κ3) is 2.06. The first-order chi connectivity index (χ1) is 5.22. The number of ketones is 1. The minimum Gasteiger partial charge on any atom is -0.375 e. The molecule has 56 valence electrons. The molecule has 1 heterocycles. The van der Waals surface area contributed by atoms with Crippen molar-refractivity contribution in [1.82, 2.24) is 4.98 Å². The SMILES string of the molecule is C#CC(=O)Cc1csc(N)n1. The van der Waals surface area contributed by atoms with Gasteiger partial charge in [0.25, 0.3) is 0 Å². The van der Waals surface area contributed by atoms with Crippen LogP contribution in [0.4, 0.5) is 5.13 Å². The number of aromatic nitrogens is 1. The summed E-state index contributed by atoms with van der Waals surface area (Å²) in [5.74, 6) is 1.74. The van der Waals surface area contributed by atoms with Crippen LogP contribution < -0.4 is 5.73 Å². The van der Waals surface area contributed by atoms with Crippen LogP contribution in [0.2, 0.25) is 0 Å². The summed E-state index contributed by atoms with van der Waals surface area (Å²) in [5, 5.41) is 2.19. The minimum atomic E-state index is -0.268. The molecule has 2 N–H and O–H groups in total. The first-order valence-corrected chi connectivity index (χ1v) is 3.79. The lowest BCUT2D eigenvalue weighted by molar-refractivity contribution is -0.113. The Hall–Kier alpha value is -1.34. The predicted molar refractivity (Wildman–Crippen MR) is 44.1 cm³/mol. The summed E-state index contributed by atoms with van der Waals surface area (Å²) in [6, 6.07) is 0. The van der Waals surface area contributed by atoms with E-state index >= 15 is 0 Å². The molecular weight excluding hydrogens is 160 g/mol. The molecule has 0 aliphatic carbocycles. The fourth-order valence-electron chi connectivity index (χ4n) is 0.619. The van der Waals surface area contributed by atoms with Crippen molar-refractivity contribution < 1.29 is 4.79 Å². The maximum atomic E-state index is 10.7. The van der Waals surface area contributed by atoms with E-state index in [1.165, 1.54) is 11.3 Å². The quantitative estimate of drug-likeness (QED) is 0.513. The van der Waals surface area contributed by atoms with Crippen molar-refractivity contribution >= 4 is 22.3 Å². The highest BCUT2D eigenvalue weighted by Gasteiger charge is 2.02. The number of anilines is 1. The molecule has 0 fully saturated rings. The molecule has 0 aliphatic heterocycles. The van der Waals surface area contributed by atoms with Crippen LogP contribution in [0.25, 0.3) is 0 Å². The van der Waals surface area contributed by atoms with Gasteiger partial charge < -0.3 is 5.73 Å². The summed E-state index contributed by atoms with van der Waals surface area (Å²) >= 11 is 1.30. The molecule has 0 unspecified atom stereocenters. The second kappa shape index (κ2) is 3.17. The summed E-state index contributed by atoms with van der Waals surface area (Å²) in [6.45, 7) is 0. The van der Waals surface area contributed by atoms with E-state index in [9.17, 15) is 4.79 Å². The zero-order valence-electron chi connectivity index (χ0n) is 5.70. The van der Waals surface area contributed by atoms with Gasteiger partial charge >= 0.3 is 0 Å². The normalized spacial score (nSPS) is 9.00. The molecule has 1 aromatic heterocycles. The molecule has 0 amide bonds. The highest BCUT2D eigenvalue weighted by Crippen LogP contribution is 2.11. The molecule has 0 radical (unpaired) electrons. The summed E-state index contributed by atoms with van der Waals surface area (Å²) in [7, 11) is 0. The Morgan fingerprint density at radius 3 is 3.09 bits per heavy atom. The number of carbonyl (C=O) groups excluding carboxylic acids is 1. The van der Waals surface area contributed by atoms with Gasteiger partial charge in [-0.1, -0.05) is 0 Å². The van der Waals surface area contributed by atoms with Gasteiger partial charge in [0.15, 0.2) is 5.13 Å². The smallest absolute Gasteiger partial charge is 0.211 e. The third-order valence-electron chi connectivity index (χ3n) is 1.07. The average molecular weight is 166 g/mol. The fraction of sp³-hybridized carbons (Fsp3) is 0.143. The Morgan fingerprint density at radius 2 is 2.64 bits per heavy atom. The lowest BCUT2D eigenvalue weighted by Gasteiger charge is -1.85. The number of rotatable bonds is 2. The fourth-order valence-corrected chi connectivity index (χ4v) is 1.18. The largest absolute Gasteiger partial charge is 0.375 e. The van der Waals surface area contributed by atoms with E-state index in [0.29, 0.717) is 10.8 Å². The number of nitrogens with two attached hydrogens (primary N) is 1. The van der Waals surface area contributed by atoms with Crippen LogP contribution in [0.15, 0.2) is 5.38 Å². The van der Waals surface area contributed by atoms with E-state index in [1.54, 1.807) is 5.38 Å². The van der Waals surface area contributed by atoms with Crippen molar-refractivity contribution in [1.29, 1.82) is 0 Å². The second-order valence-electron chi connectivity index (χ2n) is 1.92. The molecular formula is C7H6N2OS. The van der Waals surface area contributed by atoms with E-state index in [-0.39, 0.29) is 12.2 Å². The van der Waals surface area contributed by atoms with Crippen LogP contribution in [0.1, 0.15) is 5.69 Å². The number of hydrogen-bond acceptors (Lipinski definition) is 4. The van der Waals surface area contributed by atoms with Crippen LogP contribution in [0.3, 0.4) is 0 Å². The monoisotopic (exact) mass is 166 g/mol. The lowest BCUT2D eigenvalue weighted by Crippen LogP contribution is -1.98. The first-order valence-electron chi connectivity index (χ1n) is 2.91. The predicted octanol–water partition coefficient (Wildman–Crippen LogP) is 0.470. The standard InChI is InChI=1S/C7H6N2OS/c1-2-6(10)3-5-4-11-7(8)9-5/h1,4H,3H2,(H2,8,9). The van der Waals surface area contributed by atoms with Crippen molar-refractivity contribution in [3.8, 4) is 12.3 Å². The Bertz CT molecular complexity index is 310. The topological polar surface area (TPSA) is 56.0 Å². The van der Waals surface area contributed by atoms with Crippen molar-refractivity contribution in [2.24, 2.45) is 0 Å². The van der Waals surface area contributed by atoms with E-state index in [4.69, 9.17) is 12.2 Å². The summed E-state index contributed by atoms with van der Waals surface area (Å²) in [4.78, 5) is 14.6. The number of thiazole rings is 1. The number of carbonyl (C=O) groups is 1. The molecule has 1 rings (SSSR count). The van der Waals surface area contributed by atoms with Gasteiger partial charge in [-0.3, -0.25) is 4.79 Å². The number of nitrogens with zero attached hydrogens (tertiary/aromatic N) is 1.